The molecular formula is C18H16N2O5. The minimum Gasteiger partial charge on any atom is -0.497 e. The number of carbonyl (C=O) groups is 2. The Bertz CT molecular complexity index is 885. The van der Waals surface area contributed by atoms with E-state index in [4.69, 9.17) is 24.5 Å². The summed E-state index contributed by atoms with van der Waals surface area (Å²) < 4.78 is 7.19. The predicted molar refractivity (Wildman–Crippen MR) is 92.4 cm³/mol. The highest BCUT2D eigenvalue weighted by Gasteiger charge is 2.04. The van der Waals surface area contributed by atoms with Gasteiger partial charge in [0.05, 0.1) is 18.8 Å². The summed E-state index contributed by atoms with van der Waals surface area (Å²) in [6, 6.07) is 14.0. The van der Waals surface area contributed by atoms with Crippen LogP contribution in [0.3, 0.4) is 0 Å². The number of hydrogen-bond donors (Lipinski definition) is 2. The second-order valence-corrected chi connectivity index (χ2v) is 4.83. The summed E-state index contributed by atoms with van der Waals surface area (Å²) in [5.74, 6) is -1.86. The van der Waals surface area contributed by atoms with Crippen LogP contribution in [0.15, 0.2) is 54.9 Å². The van der Waals surface area contributed by atoms with E-state index in [2.05, 4.69) is 9.38 Å². The van der Waals surface area contributed by atoms with Crippen molar-refractivity contribution in [2.75, 3.05) is 7.11 Å². The van der Waals surface area contributed by atoms with Crippen molar-refractivity contribution >= 4 is 29.6 Å². The number of carboxylic acid groups (broad SMARTS) is 2. The second-order valence-electron chi connectivity index (χ2n) is 4.83. The van der Waals surface area contributed by atoms with Crippen LogP contribution in [0.4, 0.5) is 0 Å². The molecule has 128 valence electrons. The molecule has 0 amide bonds. The molecule has 3 rings (SSSR count). The van der Waals surface area contributed by atoms with Gasteiger partial charge in [-0.05, 0) is 35.9 Å². The normalized spacial score (nSPS) is 10.3. The van der Waals surface area contributed by atoms with Crippen LogP contribution in [0.1, 0.15) is 11.4 Å². The standard InChI is InChI=1S/C16H14N2O.C2H2O4/c1-19-15-8-5-13(6-9-15)7-10-16-17-12-14-4-2-3-11-18(14)16;3-1(4)2(5)6/h2-12H,1H3;(H,3,4)(H,5,6). The summed E-state index contributed by atoms with van der Waals surface area (Å²) in [6.07, 6.45) is 7.93. The SMILES string of the molecule is COc1ccc(C=Cc2ncc3ccccn23)cc1.O=C(O)C(=O)O. The number of aliphatic carboxylic acids is 2. The topological polar surface area (TPSA) is 101 Å². The fourth-order valence-electron chi connectivity index (χ4n) is 1.97. The molecule has 0 unspecified atom stereocenters. The van der Waals surface area contributed by atoms with E-state index in [1.54, 1.807) is 7.11 Å². The molecule has 2 N–H and O–H groups in total. The molecule has 0 fully saturated rings. The fourth-order valence-corrected chi connectivity index (χ4v) is 1.97. The second kappa shape index (κ2) is 8.30. The van der Waals surface area contributed by atoms with Gasteiger partial charge in [0, 0.05) is 6.20 Å². The first kappa shape index (κ1) is 17.7. The van der Waals surface area contributed by atoms with Crippen molar-refractivity contribution in [1.29, 1.82) is 0 Å². The summed E-state index contributed by atoms with van der Waals surface area (Å²) in [5.41, 5.74) is 2.21. The highest BCUT2D eigenvalue weighted by atomic mass is 16.5. The molecule has 0 saturated carbocycles. The Morgan fingerprint density at radius 2 is 1.72 bits per heavy atom. The first-order chi connectivity index (χ1) is 12.0. The van der Waals surface area contributed by atoms with E-state index in [9.17, 15) is 0 Å². The number of pyridine rings is 1. The number of aromatic nitrogens is 2. The Morgan fingerprint density at radius 1 is 1.04 bits per heavy atom. The Hall–Kier alpha value is -3.61. The lowest BCUT2D eigenvalue weighted by atomic mass is 10.2. The van der Waals surface area contributed by atoms with Crippen molar-refractivity contribution in [3.63, 3.8) is 0 Å². The maximum atomic E-state index is 9.10. The highest BCUT2D eigenvalue weighted by molar-refractivity contribution is 6.27. The monoisotopic (exact) mass is 340 g/mol. The molecule has 3 aromatic rings. The minimum absolute atomic E-state index is 0.864. The van der Waals surface area contributed by atoms with E-state index in [1.807, 2.05) is 67.0 Å². The molecule has 0 bridgehead atoms. The van der Waals surface area contributed by atoms with Gasteiger partial charge in [0.1, 0.15) is 11.6 Å². The van der Waals surface area contributed by atoms with E-state index in [1.165, 1.54) is 0 Å². The Labute approximate surface area is 143 Å². The number of fused-ring (bicyclic) bond motifs is 1. The van der Waals surface area contributed by atoms with Crippen LogP contribution in [-0.4, -0.2) is 38.6 Å². The molecule has 2 heterocycles. The van der Waals surface area contributed by atoms with Crippen LogP contribution in [0.25, 0.3) is 17.7 Å². The molecule has 0 radical (unpaired) electrons. The molecular weight excluding hydrogens is 324 g/mol. The third-order valence-corrected chi connectivity index (χ3v) is 3.19. The van der Waals surface area contributed by atoms with E-state index in [-0.39, 0.29) is 0 Å². The van der Waals surface area contributed by atoms with Gasteiger partial charge < -0.3 is 19.4 Å². The largest absolute Gasteiger partial charge is 0.497 e. The average Bonchev–Trinajstić information content (AvgIpc) is 3.04. The third-order valence-electron chi connectivity index (χ3n) is 3.19. The van der Waals surface area contributed by atoms with Crippen LogP contribution in [0, 0.1) is 0 Å². The van der Waals surface area contributed by atoms with Crippen molar-refractivity contribution in [3.8, 4) is 5.75 Å². The number of carboxylic acids is 2. The zero-order chi connectivity index (χ0) is 18.2. The van der Waals surface area contributed by atoms with Crippen molar-refractivity contribution in [3.05, 3.63) is 66.2 Å². The van der Waals surface area contributed by atoms with Crippen molar-refractivity contribution in [2.24, 2.45) is 0 Å². The Morgan fingerprint density at radius 3 is 2.32 bits per heavy atom. The number of benzene rings is 1. The number of methoxy groups -OCH3 is 1. The van der Waals surface area contributed by atoms with E-state index >= 15 is 0 Å². The minimum atomic E-state index is -1.82. The maximum Gasteiger partial charge on any atom is 0.414 e. The van der Waals surface area contributed by atoms with Crippen molar-refractivity contribution in [1.82, 2.24) is 9.38 Å². The lowest BCUT2D eigenvalue weighted by Gasteiger charge is -1.99. The maximum absolute atomic E-state index is 9.10. The molecule has 0 atom stereocenters. The summed E-state index contributed by atoms with van der Waals surface area (Å²) in [4.78, 5) is 22.6. The van der Waals surface area contributed by atoms with Crippen molar-refractivity contribution < 1.29 is 24.5 Å². The third kappa shape index (κ3) is 4.93. The lowest BCUT2D eigenvalue weighted by molar-refractivity contribution is -0.159. The first-order valence-corrected chi connectivity index (χ1v) is 7.21. The highest BCUT2D eigenvalue weighted by Crippen LogP contribution is 2.14. The van der Waals surface area contributed by atoms with Crippen molar-refractivity contribution in [2.45, 2.75) is 0 Å². The van der Waals surface area contributed by atoms with E-state index in [0.29, 0.717) is 0 Å². The van der Waals surface area contributed by atoms with E-state index < -0.39 is 11.9 Å². The van der Waals surface area contributed by atoms with E-state index in [0.717, 1.165) is 22.7 Å². The molecule has 0 aliphatic heterocycles. The number of rotatable bonds is 3. The van der Waals surface area contributed by atoms with Gasteiger partial charge in [-0.2, -0.15) is 0 Å². The van der Waals surface area contributed by atoms with Gasteiger partial charge in [0.15, 0.2) is 0 Å². The van der Waals surface area contributed by atoms with Gasteiger partial charge in [0.2, 0.25) is 0 Å². The zero-order valence-corrected chi connectivity index (χ0v) is 13.4. The molecule has 2 aromatic heterocycles. The smallest absolute Gasteiger partial charge is 0.414 e. The van der Waals surface area contributed by atoms with Crippen LogP contribution < -0.4 is 4.74 Å². The summed E-state index contributed by atoms with van der Waals surface area (Å²) in [6.45, 7) is 0. The fraction of sp³-hybridized carbons (Fsp3) is 0.0556. The number of nitrogens with zero attached hydrogens (tertiary/aromatic N) is 2. The van der Waals surface area contributed by atoms with Crippen LogP contribution in [0.5, 0.6) is 5.75 Å². The quantitative estimate of drug-likeness (QED) is 0.711. The van der Waals surface area contributed by atoms with Gasteiger partial charge >= 0.3 is 11.9 Å². The summed E-state index contributed by atoms with van der Waals surface area (Å²) in [5, 5.41) is 14.8. The van der Waals surface area contributed by atoms with Gasteiger partial charge in [-0.1, -0.05) is 24.3 Å². The number of ether oxygens (including phenoxy) is 1. The Balaban J connectivity index is 0.000000326. The lowest BCUT2D eigenvalue weighted by Crippen LogP contribution is -2.09. The zero-order valence-electron chi connectivity index (χ0n) is 13.4. The molecule has 7 nitrogen and oxygen atoms in total. The molecule has 25 heavy (non-hydrogen) atoms. The first-order valence-electron chi connectivity index (χ1n) is 7.21. The molecule has 0 spiro atoms. The van der Waals surface area contributed by atoms with Gasteiger partial charge in [-0.3, -0.25) is 0 Å². The Kier molecular flexibility index (Phi) is 5.89. The molecule has 1 aromatic carbocycles. The molecule has 7 heteroatoms. The number of hydrogen-bond acceptors (Lipinski definition) is 4. The molecule has 0 saturated heterocycles. The molecule has 0 aliphatic carbocycles. The van der Waals surface area contributed by atoms with Crippen LogP contribution >= 0.6 is 0 Å². The van der Waals surface area contributed by atoms with Gasteiger partial charge in [-0.25, -0.2) is 14.6 Å². The predicted octanol–water partition coefficient (Wildman–Crippen LogP) is 2.67. The molecule has 0 aliphatic rings. The van der Waals surface area contributed by atoms with Crippen LogP contribution in [0.2, 0.25) is 0 Å². The van der Waals surface area contributed by atoms with Gasteiger partial charge in [-0.15, -0.1) is 0 Å². The van der Waals surface area contributed by atoms with Gasteiger partial charge in [0.25, 0.3) is 0 Å². The number of imidazole rings is 1. The van der Waals surface area contributed by atoms with Crippen LogP contribution in [-0.2, 0) is 9.59 Å². The summed E-state index contributed by atoms with van der Waals surface area (Å²) >= 11 is 0. The summed E-state index contributed by atoms with van der Waals surface area (Å²) in [7, 11) is 1.67. The average molecular weight is 340 g/mol.